The van der Waals surface area contributed by atoms with Crippen molar-refractivity contribution in [1.82, 2.24) is 20.4 Å². The number of rotatable bonds is 3. The van der Waals surface area contributed by atoms with Gasteiger partial charge in [-0.25, -0.2) is 5.43 Å². The van der Waals surface area contributed by atoms with Gasteiger partial charge in [0.15, 0.2) is 0 Å². The van der Waals surface area contributed by atoms with Gasteiger partial charge in [0.05, 0.1) is 10.3 Å². The molecule has 0 atom stereocenters. The standard InChI is InChI=1S/C13H16N4OS/c18-13(16-14-9-5-2-1-3-6-9)10-7-4-8-11-12(10)19-17-15-11/h4,7-9,14H,1-3,5-6H2,(H,16,18). The molecule has 0 aliphatic heterocycles. The van der Waals surface area contributed by atoms with E-state index in [9.17, 15) is 4.79 Å². The number of benzene rings is 1. The van der Waals surface area contributed by atoms with Crippen molar-refractivity contribution >= 4 is 27.7 Å². The smallest absolute Gasteiger partial charge is 0.266 e. The lowest BCUT2D eigenvalue weighted by molar-refractivity contribution is 0.0922. The molecule has 1 heterocycles. The summed E-state index contributed by atoms with van der Waals surface area (Å²) in [7, 11) is 0. The van der Waals surface area contributed by atoms with Gasteiger partial charge in [0.2, 0.25) is 0 Å². The lowest BCUT2D eigenvalue weighted by atomic mass is 9.96. The summed E-state index contributed by atoms with van der Waals surface area (Å²) in [5.41, 5.74) is 7.36. The number of nitrogens with zero attached hydrogens (tertiary/aromatic N) is 2. The van der Waals surface area contributed by atoms with Crippen LogP contribution in [0.2, 0.25) is 0 Å². The van der Waals surface area contributed by atoms with Gasteiger partial charge in [-0.15, -0.1) is 5.10 Å². The van der Waals surface area contributed by atoms with Crippen molar-refractivity contribution in [3.63, 3.8) is 0 Å². The van der Waals surface area contributed by atoms with E-state index in [-0.39, 0.29) is 5.91 Å². The van der Waals surface area contributed by atoms with Crippen LogP contribution in [-0.4, -0.2) is 21.5 Å². The van der Waals surface area contributed by atoms with Gasteiger partial charge in [-0.3, -0.25) is 10.2 Å². The van der Waals surface area contributed by atoms with Crippen LogP contribution in [0.1, 0.15) is 42.5 Å². The molecule has 1 amide bonds. The van der Waals surface area contributed by atoms with Crippen LogP contribution >= 0.6 is 11.5 Å². The number of nitrogens with one attached hydrogen (secondary N) is 2. The summed E-state index contributed by atoms with van der Waals surface area (Å²) in [4.78, 5) is 12.2. The number of fused-ring (bicyclic) bond motifs is 1. The summed E-state index contributed by atoms with van der Waals surface area (Å²) in [5, 5.41) is 3.98. The average molecular weight is 276 g/mol. The molecule has 6 heteroatoms. The topological polar surface area (TPSA) is 66.9 Å². The number of aromatic nitrogens is 2. The van der Waals surface area contributed by atoms with E-state index in [1.54, 1.807) is 6.07 Å². The maximum absolute atomic E-state index is 12.2. The first-order valence-electron chi connectivity index (χ1n) is 6.61. The molecular formula is C13H16N4OS. The van der Waals surface area contributed by atoms with Crippen molar-refractivity contribution in [1.29, 1.82) is 0 Å². The van der Waals surface area contributed by atoms with Crippen LogP contribution < -0.4 is 10.9 Å². The second-order valence-electron chi connectivity index (χ2n) is 4.86. The molecule has 0 bridgehead atoms. The molecule has 0 saturated heterocycles. The molecule has 0 unspecified atom stereocenters. The van der Waals surface area contributed by atoms with Crippen LogP contribution in [0.3, 0.4) is 0 Å². The zero-order valence-electron chi connectivity index (χ0n) is 10.6. The number of carbonyl (C=O) groups excluding carboxylic acids is 1. The number of amides is 1. The Balaban J connectivity index is 1.68. The second kappa shape index (κ2) is 5.63. The van der Waals surface area contributed by atoms with Gasteiger partial charge in [-0.05, 0) is 36.5 Å². The van der Waals surface area contributed by atoms with Gasteiger partial charge in [-0.1, -0.05) is 29.8 Å². The fourth-order valence-electron chi connectivity index (χ4n) is 2.47. The summed E-state index contributed by atoms with van der Waals surface area (Å²) < 4.78 is 4.72. The zero-order chi connectivity index (χ0) is 13.1. The van der Waals surface area contributed by atoms with Crippen molar-refractivity contribution in [3.05, 3.63) is 23.8 Å². The Hall–Kier alpha value is -1.53. The maximum Gasteiger partial charge on any atom is 0.266 e. The predicted molar refractivity (Wildman–Crippen MR) is 74.9 cm³/mol. The van der Waals surface area contributed by atoms with E-state index in [0.29, 0.717) is 11.6 Å². The Kier molecular flexibility index (Phi) is 3.70. The molecule has 2 aromatic rings. The molecule has 2 N–H and O–H groups in total. The summed E-state index contributed by atoms with van der Waals surface area (Å²) in [6.45, 7) is 0. The predicted octanol–water partition coefficient (Wildman–Crippen LogP) is 2.26. The molecule has 0 radical (unpaired) electrons. The van der Waals surface area contributed by atoms with Gasteiger partial charge in [-0.2, -0.15) is 0 Å². The van der Waals surface area contributed by atoms with Crippen LogP contribution in [0.4, 0.5) is 0 Å². The number of hydrogen-bond acceptors (Lipinski definition) is 5. The first-order chi connectivity index (χ1) is 9.34. The molecule has 0 spiro atoms. The van der Waals surface area contributed by atoms with E-state index >= 15 is 0 Å². The molecule has 1 aliphatic rings. The minimum atomic E-state index is -0.109. The molecule has 1 aromatic carbocycles. The van der Waals surface area contributed by atoms with Crippen LogP contribution in [0.15, 0.2) is 18.2 Å². The van der Waals surface area contributed by atoms with Crippen molar-refractivity contribution in [2.75, 3.05) is 0 Å². The van der Waals surface area contributed by atoms with Crippen molar-refractivity contribution in [2.45, 2.75) is 38.1 Å². The monoisotopic (exact) mass is 276 g/mol. The van der Waals surface area contributed by atoms with Crippen LogP contribution in [0.25, 0.3) is 10.2 Å². The average Bonchev–Trinajstić information content (AvgIpc) is 2.94. The SMILES string of the molecule is O=C(NNC1CCCCC1)c1cccc2nnsc12. The lowest BCUT2D eigenvalue weighted by Gasteiger charge is -2.23. The number of hydrogen-bond donors (Lipinski definition) is 2. The number of hydrazine groups is 1. The Morgan fingerprint density at radius 3 is 2.95 bits per heavy atom. The van der Waals surface area contributed by atoms with Crippen LogP contribution in [0.5, 0.6) is 0 Å². The Morgan fingerprint density at radius 1 is 1.26 bits per heavy atom. The normalized spacial score (nSPS) is 16.6. The highest BCUT2D eigenvalue weighted by Gasteiger charge is 2.16. The van der Waals surface area contributed by atoms with Crippen LogP contribution in [0, 0.1) is 0 Å². The minimum Gasteiger partial charge on any atom is -0.287 e. The van der Waals surface area contributed by atoms with Gasteiger partial charge < -0.3 is 0 Å². The quantitative estimate of drug-likeness (QED) is 0.844. The minimum absolute atomic E-state index is 0.109. The maximum atomic E-state index is 12.2. The summed E-state index contributed by atoms with van der Waals surface area (Å²) in [6.07, 6.45) is 6.04. The molecule has 1 aliphatic carbocycles. The summed E-state index contributed by atoms with van der Waals surface area (Å²) in [5.74, 6) is -0.109. The third kappa shape index (κ3) is 2.74. The van der Waals surface area contributed by atoms with Crippen molar-refractivity contribution in [2.24, 2.45) is 0 Å². The summed E-state index contributed by atoms with van der Waals surface area (Å²) in [6, 6.07) is 5.90. The molecule has 1 fully saturated rings. The molecular weight excluding hydrogens is 260 g/mol. The van der Waals surface area contributed by atoms with E-state index in [2.05, 4.69) is 20.4 Å². The molecule has 5 nitrogen and oxygen atoms in total. The number of carbonyl (C=O) groups is 1. The highest BCUT2D eigenvalue weighted by Crippen LogP contribution is 2.20. The van der Waals surface area contributed by atoms with Gasteiger partial charge in [0.1, 0.15) is 5.52 Å². The molecule has 1 aromatic heterocycles. The largest absolute Gasteiger partial charge is 0.287 e. The Morgan fingerprint density at radius 2 is 2.11 bits per heavy atom. The van der Waals surface area contributed by atoms with Crippen LogP contribution in [-0.2, 0) is 0 Å². The second-order valence-corrected chi connectivity index (χ2v) is 5.61. The molecule has 100 valence electrons. The first kappa shape index (κ1) is 12.5. The lowest BCUT2D eigenvalue weighted by Crippen LogP contribution is -2.45. The van der Waals surface area contributed by atoms with E-state index < -0.39 is 0 Å². The van der Waals surface area contributed by atoms with E-state index in [0.717, 1.165) is 23.1 Å². The van der Waals surface area contributed by atoms with Crippen molar-refractivity contribution in [3.8, 4) is 0 Å². The molecule has 3 rings (SSSR count). The van der Waals surface area contributed by atoms with Gasteiger partial charge in [0.25, 0.3) is 5.91 Å². The van der Waals surface area contributed by atoms with E-state index in [1.807, 2.05) is 12.1 Å². The first-order valence-corrected chi connectivity index (χ1v) is 7.39. The third-order valence-electron chi connectivity index (χ3n) is 3.51. The molecule has 19 heavy (non-hydrogen) atoms. The fourth-order valence-corrected chi connectivity index (χ4v) is 3.14. The van der Waals surface area contributed by atoms with Gasteiger partial charge in [0, 0.05) is 6.04 Å². The van der Waals surface area contributed by atoms with E-state index in [4.69, 9.17) is 0 Å². The highest BCUT2D eigenvalue weighted by molar-refractivity contribution is 7.13. The third-order valence-corrected chi connectivity index (χ3v) is 4.29. The highest BCUT2D eigenvalue weighted by atomic mass is 32.1. The fraction of sp³-hybridized carbons (Fsp3) is 0.462. The summed E-state index contributed by atoms with van der Waals surface area (Å²) >= 11 is 1.25. The van der Waals surface area contributed by atoms with Gasteiger partial charge >= 0.3 is 0 Å². The Labute approximate surface area is 115 Å². The zero-order valence-corrected chi connectivity index (χ0v) is 11.4. The van der Waals surface area contributed by atoms with E-state index in [1.165, 1.54) is 30.8 Å². The molecule has 1 saturated carbocycles. The van der Waals surface area contributed by atoms with Crippen molar-refractivity contribution < 1.29 is 4.79 Å². The Bertz CT molecular complexity index is 577.